The monoisotopic (exact) mass is 281 g/mol. The molecule has 0 aromatic heterocycles. The molecule has 108 valence electrons. The van der Waals surface area contributed by atoms with Crippen molar-refractivity contribution in [1.29, 1.82) is 0 Å². The van der Waals surface area contributed by atoms with Crippen LogP contribution in [0.3, 0.4) is 0 Å². The van der Waals surface area contributed by atoms with Crippen molar-refractivity contribution >= 4 is 5.91 Å². The molecule has 3 nitrogen and oxygen atoms in total. The number of hydrogen-bond acceptors (Lipinski definition) is 2. The molecule has 1 aliphatic rings. The fourth-order valence-corrected chi connectivity index (χ4v) is 2.71. The smallest absolute Gasteiger partial charge is 0.254 e. The highest BCUT2D eigenvalue weighted by atomic mass is 16.5. The van der Waals surface area contributed by atoms with Gasteiger partial charge in [0, 0.05) is 18.7 Å². The number of aryl methyl sites for hydroxylation is 1. The van der Waals surface area contributed by atoms with Crippen LogP contribution >= 0.6 is 0 Å². The molecule has 0 N–H and O–H groups in total. The molecule has 0 spiro atoms. The zero-order chi connectivity index (χ0) is 14.8. The van der Waals surface area contributed by atoms with E-state index in [9.17, 15) is 4.79 Å². The summed E-state index contributed by atoms with van der Waals surface area (Å²) in [6, 6.07) is 13.9. The van der Waals surface area contributed by atoms with E-state index in [-0.39, 0.29) is 5.91 Å². The Bertz CT molecular complexity index is 661. The molecule has 0 unspecified atom stereocenters. The molecule has 0 radical (unpaired) electrons. The average molecular weight is 281 g/mol. The van der Waals surface area contributed by atoms with Crippen LogP contribution in [0.4, 0.5) is 0 Å². The molecule has 0 aliphatic carbocycles. The Labute approximate surface area is 125 Å². The third-order valence-electron chi connectivity index (χ3n) is 4.01. The van der Waals surface area contributed by atoms with Gasteiger partial charge < -0.3 is 9.64 Å². The van der Waals surface area contributed by atoms with E-state index in [1.807, 2.05) is 42.2 Å². The minimum Gasteiger partial charge on any atom is -0.497 e. The maximum absolute atomic E-state index is 12.5. The molecule has 1 heterocycles. The Balaban J connectivity index is 1.79. The molecule has 3 heteroatoms. The summed E-state index contributed by atoms with van der Waals surface area (Å²) in [7, 11) is 1.68. The SMILES string of the molecule is COc1ccc2c(c1)CCN(C(=O)c1ccc(C)cc1)C2. The van der Waals surface area contributed by atoms with Gasteiger partial charge in [0.25, 0.3) is 5.91 Å². The average Bonchev–Trinajstić information content (AvgIpc) is 2.54. The summed E-state index contributed by atoms with van der Waals surface area (Å²) in [6.45, 7) is 3.46. The van der Waals surface area contributed by atoms with E-state index in [4.69, 9.17) is 4.74 Å². The molecule has 1 aliphatic heterocycles. The quantitative estimate of drug-likeness (QED) is 0.846. The first-order chi connectivity index (χ1) is 10.2. The summed E-state index contributed by atoms with van der Waals surface area (Å²) in [4.78, 5) is 14.5. The standard InChI is InChI=1S/C18H19NO2/c1-13-3-5-14(6-4-13)18(20)19-10-9-15-11-17(21-2)8-7-16(15)12-19/h3-8,11H,9-10,12H2,1-2H3. The van der Waals surface area contributed by atoms with Crippen molar-refractivity contribution in [2.45, 2.75) is 19.9 Å². The van der Waals surface area contributed by atoms with E-state index in [1.54, 1.807) is 7.11 Å². The molecule has 0 saturated heterocycles. The normalized spacial score (nSPS) is 13.7. The first-order valence-corrected chi connectivity index (χ1v) is 7.19. The second kappa shape index (κ2) is 5.60. The number of amides is 1. The largest absolute Gasteiger partial charge is 0.497 e. The first-order valence-electron chi connectivity index (χ1n) is 7.19. The number of nitrogens with zero attached hydrogens (tertiary/aromatic N) is 1. The minimum absolute atomic E-state index is 0.108. The molecule has 0 atom stereocenters. The first kappa shape index (κ1) is 13.7. The van der Waals surface area contributed by atoms with Gasteiger partial charge >= 0.3 is 0 Å². The Morgan fingerprint density at radius 1 is 1.10 bits per heavy atom. The summed E-state index contributed by atoms with van der Waals surface area (Å²) >= 11 is 0. The van der Waals surface area contributed by atoms with Gasteiger partial charge in [0.1, 0.15) is 5.75 Å². The van der Waals surface area contributed by atoms with Gasteiger partial charge in [-0.25, -0.2) is 0 Å². The van der Waals surface area contributed by atoms with Crippen LogP contribution in [0.25, 0.3) is 0 Å². The van der Waals surface area contributed by atoms with E-state index in [2.05, 4.69) is 12.1 Å². The van der Waals surface area contributed by atoms with Gasteiger partial charge in [-0.3, -0.25) is 4.79 Å². The summed E-state index contributed by atoms with van der Waals surface area (Å²) < 4.78 is 5.25. The zero-order valence-electron chi connectivity index (χ0n) is 12.4. The maximum atomic E-state index is 12.5. The van der Waals surface area contributed by atoms with Crippen molar-refractivity contribution in [3.63, 3.8) is 0 Å². The van der Waals surface area contributed by atoms with E-state index in [0.717, 1.165) is 24.3 Å². The second-order valence-electron chi connectivity index (χ2n) is 5.48. The number of carbonyl (C=O) groups excluding carboxylic acids is 1. The van der Waals surface area contributed by atoms with Crippen molar-refractivity contribution in [1.82, 2.24) is 4.90 Å². The van der Waals surface area contributed by atoms with Crippen molar-refractivity contribution in [3.8, 4) is 5.75 Å². The number of benzene rings is 2. The lowest BCUT2D eigenvalue weighted by Gasteiger charge is -2.29. The fourth-order valence-electron chi connectivity index (χ4n) is 2.71. The number of fused-ring (bicyclic) bond motifs is 1. The Morgan fingerprint density at radius 3 is 2.57 bits per heavy atom. The summed E-state index contributed by atoms with van der Waals surface area (Å²) in [6.07, 6.45) is 0.879. The van der Waals surface area contributed by atoms with Gasteiger partial charge in [-0.05, 0) is 48.7 Å². The lowest BCUT2D eigenvalue weighted by molar-refractivity contribution is 0.0734. The fraction of sp³-hybridized carbons (Fsp3) is 0.278. The predicted octanol–water partition coefficient (Wildman–Crippen LogP) is 3.20. The van der Waals surface area contributed by atoms with Crippen molar-refractivity contribution in [2.24, 2.45) is 0 Å². The van der Waals surface area contributed by atoms with Crippen LogP contribution in [-0.4, -0.2) is 24.5 Å². The number of ether oxygens (including phenoxy) is 1. The van der Waals surface area contributed by atoms with Crippen molar-refractivity contribution in [2.75, 3.05) is 13.7 Å². The highest BCUT2D eigenvalue weighted by molar-refractivity contribution is 5.94. The number of hydrogen-bond donors (Lipinski definition) is 0. The predicted molar refractivity (Wildman–Crippen MR) is 82.6 cm³/mol. The number of rotatable bonds is 2. The highest BCUT2D eigenvalue weighted by Crippen LogP contribution is 2.24. The second-order valence-corrected chi connectivity index (χ2v) is 5.48. The van der Waals surface area contributed by atoms with Gasteiger partial charge in [0.15, 0.2) is 0 Å². The third-order valence-corrected chi connectivity index (χ3v) is 4.01. The summed E-state index contributed by atoms with van der Waals surface area (Å²) in [5.74, 6) is 0.989. The molecule has 21 heavy (non-hydrogen) atoms. The van der Waals surface area contributed by atoms with Gasteiger partial charge in [0.05, 0.1) is 7.11 Å². The molecule has 3 rings (SSSR count). The highest BCUT2D eigenvalue weighted by Gasteiger charge is 2.21. The van der Waals surface area contributed by atoms with Crippen LogP contribution in [0.15, 0.2) is 42.5 Å². The van der Waals surface area contributed by atoms with Crippen LogP contribution in [0.2, 0.25) is 0 Å². The molecular formula is C18H19NO2. The van der Waals surface area contributed by atoms with Gasteiger partial charge in [-0.2, -0.15) is 0 Å². The molecule has 2 aromatic carbocycles. The molecule has 0 bridgehead atoms. The van der Waals surface area contributed by atoms with Crippen LogP contribution in [0.1, 0.15) is 27.0 Å². The van der Waals surface area contributed by atoms with Crippen molar-refractivity contribution in [3.05, 3.63) is 64.7 Å². The lowest BCUT2D eigenvalue weighted by atomic mass is 9.98. The van der Waals surface area contributed by atoms with Crippen molar-refractivity contribution < 1.29 is 9.53 Å². The zero-order valence-corrected chi connectivity index (χ0v) is 12.4. The lowest BCUT2D eigenvalue weighted by Crippen LogP contribution is -2.35. The molecule has 0 saturated carbocycles. The van der Waals surface area contributed by atoms with Gasteiger partial charge in [0.2, 0.25) is 0 Å². The topological polar surface area (TPSA) is 29.5 Å². The molecule has 0 fully saturated rings. The van der Waals surface area contributed by atoms with Gasteiger partial charge in [-0.1, -0.05) is 23.8 Å². The molecule has 2 aromatic rings. The molecular weight excluding hydrogens is 262 g/mol. The Kier molecular flexibility index (Phi) is 3.65. The Morgan fingerprint density at radius 2 is 1.86 bits per heavy atom. The maximum Gasteiger partial charge on any atom is 0.254 e. The summed E-state index contributed by atoms with van der Waals surface area (Å²) in [5, 5.41) is 0. The number of carbonyl (C=O) groups is 1. The minimum atomic E-state index is 0.108. The summed E-state index contributed by atoms with van der Waals surface area (Å²) in [5.41, 5.74) is 4.42. The van der Waals surface area contributed by atoms with E-state index < -0.39 is 0 Å². The third kappa shape index (κ3) is 2.77. The van der Waals surface area contributed by atoms with E-state index in [1.165, 1.54) is 16.7 Å². The van der Waals surface area contributed by atoms with Crippen LogP contribution in [-0.2, 0) is 13.0 Å². The van der Waals surface area contributed by atoms with Crippen LogP contribution in [0, 0.1) is 6.92 Å². The van der Waals surface area contributed by atoms with Gasteiger partial charge in [-0.15, -0.1) is 0 Å². The molecule has 1 amide bonds. The van der Waals surface area contributed by atoms with E-state index in [0.29, 0.717) is 6.54 Å². The number of methoxy groups -OCH3 is 1. The Hall–Kier alpha value is -2.29. The van der Waals surface area contributed by atoms with E-state index >= 15 is 0 Å². The van der Waals surface area contributed by atoms with Crippen LogP contribution in [0.5, 0.6) is 5.75 Å². The van der Waals surface area contributed by atoms with Crippen LogP contribution < -0.4 is 4.74 Å².